The number of benzene rings is 1. The van der Waals surface area contributed by atoms with Gasteiger partial charge in [-0.3, -0.25) is 0 Å². The summed E-state index contributed by atoms with van der Waals surface area (Å²) in [7, 11) is 1.53. The molecule has 0 spiro atoms. The highest BCUT2D eigenvalue weighted by molar-refractivity contribution is 6.32. The lowest BCUT2D eigenvalue weighted by molar-refractivity contribution is -0.148. The number of oxime groups is 1. The summed E-state index contributed by atoms with van der Waals surface area (Å²) in [6.07, 6.45) is -0.677. The highest BCUT2D eigenvalue weighted by Gasteiger charge is 2.28. The predicted molar refractivity (Wildman–Crippen MR) is 61.7 cm³/mol. The lowest BCUT2D eigenvalue weighted by Gasteiger charge is -2.05. The van der Waals surface area contributed by atoms with Crippen LogP contribution in [0, 0.1) is 0 Å². The molecular weight excluding hydrogens is 246 g/mol. The van der Waals surface area contributed by atoms with E-state index in [4.69, 9.17) is 26.3 Å². The first kappa shape index (κ1) is 11.7. The van der Waals surface area contributed by atoms with Gasteiger partial charge in [-0.05, 0) is 18.2 Å². The van der Waals surface area contributed by atoms with Crippen molar-refractivity contribution in [3.63, 3.8) is 0 Å². The fraction of sp³-hybridized carbons (Fsp3) is 0.273. The zero-order valence-electron chi connectivity index (χ0n) is 9.01. The van der Waals surface area contributed by atoms with Gasteiger partial charge in [0.1, 0.15) is 5.75 Å². The maximum absolute atomic E-state index is 10.7. The zero-order chi connectivity index (χ0) is 12.4. The maximum atomic E-state index is 10.7. The summed E-state index contributed by atoms with van der Waals surface area (Å²) in [5, 5.41) is 13.0. The van der Waals surface area contributed by atoms with Crippen LogP contribution in [0.25, 0.3) is 0 Å². The second-order valence-corrected chi connectivity index (χ2v) is 3.93. The number of rotatable bonds is 3. The van der Waals surface area contributed by atoms with E-state index < -0.39 is 12.1 Å². The van der Waals surface area contributed by atoms with Gasteiger partial charge in [0.2, 0.25) is 6.10 Å². The van der Waals surface area contributed by atoms with Gasteiger partial charge in [-0.1, -0.05) is 16.8 Å². The predicted octanol–water partition coefficient (Wildman–Crippen LogP) is 1.93. The molecule has 1 N–H and O–H groups in total. The fourth-order valence-electron chi connectivity index (χ4n) is 1.53. The number of hydrogen-bond donors (Lipinski definition) is 1. The maximum Gasteiger partial charge on any atom is 0.348 e. The van der Waals surface area contributed by atoms with E-state index in [2.05, 4.69) is 5.16 Å². The van der Waals surface area contributed by atoms with Gasteiger partial charge in [0.25, 0.3) is 0 Å². The molecule has 5 nitrogen and oxygen atoms in total. The van der Waals surface area contributed by atoms with Crippen molar-refractivity contribution >= 4 is 23.3 Å². The number of halogens is 1. The highest BCUT2D eigenvalue weighted by Crippen LogP contribution is 2.27. The fourth-order valence-corrected chi connectivity index (χ4v) is 1.78. The molecule has 0 saturated heterocycles. The molecule has 1 aromatic carbocycles. The van der Waals surface area contributed by atoms with Crippen LogP contribution in [-0.4, -0.2) is 30.0 Å². The van der Waals surface area contributed by atoms with Crippen LogP contribution in [0.1, 0.15) is 12.0 Å². The first-order valence-corrected chi connectivity index (χ1v) is 5.29. The molecule has 1 heterocycles. The summed E-state index contributed by atoms with van der Waals surface area (Å²) >= 11 is 5.97. The van der Waals surface area contributed by atoms with Crippen molar-refractivity contribution in [3.8, 4) is 5.75 Å². The Balaban J connectivity index is 2.20. The van der Waals surface area contributed by atoms with Crippen molar-refractivity contribution in [1.82, 2.24) is 0 Å². The lowest BCUT2D eigenvalue weighted by Crippen LogP contribution is -2.19. The largest absolute Gasteiger partial charge is 0.495 e. The Morgan fingerprint density at radius 3 is 2.94 bits per heavy atom. The molecule has 1 aliphatic rings. The first-order chi connectivity index (χ1) is 8.11. The molecule has 0 saturated carbocycles. The Bertz CT molecular complexity index is 486. The van der Waals surface area contributed by atoms with Gasteiger partial charge in [-0.2, -0.15) is 0 Å². The molecule has 1 unspecified atom stereocenters. The van der Waals surface area contributed by atoms with E-state index in [-0.39, 0.29) is 6.42 Å². The van der Waals surface area contributed by atoms with Gasteiger partial charge in [-0.15, -0.1) is 0 Å². The van der Waals surface area contributed by atoms with Crippen LogP contribution in [0.3, 0.4) is 0 Å². The number of carboxylic acid groups (broad SMARTS) is 1. The monoisotopic (exact) mass is 255 g/mol. The van der Waals surface area contributed by atoms with Crippen LogP contribution in [0.4, 0.5) is 0 Å². The van der Waals surface area contributed by atoms with E-state index in [0.29, 0.717) is 16.5 Å². The molecule has 0 radical (unpaired) electrons. The number of hydrogen-bond acceptors (Lipinski definition) is 4. The second kappa shape index (κ2) is 4.63. The Kier molecular flexibility index (Phi) is 3.19. The average molecular weight is 256 g/mol. The van der Waals surface area contributed by atoms with E-state index in [1.807, 2.05) is 0 Å². The Morgan fingerprint density at radius 2 is 2.41 bits per heavy atom. The van der Waals surface area contributed by atoms with Crippen molar-refractivity contribution in [2.24, 2.45) is 5.16 Å². The van der Waals surface area contributed by atoms with E-state index in [1.54, 1.807) is 18.2 Å². The Hall–Kier alpha value is -1.75. The standard InChI is InChI=1S/C11H10ClNO4/c1-16-9-3-2-6(4-7(9)12)8-5-10(11(14)15)17-13-8/h2-4,10H,5H2,1H3,(H,14,15). The Labute approximate surface area is 103 Å². The van der Waals surface area contributed by atoms with Crippen molar-refractivity contribution in [2.75, 3.05) is 7.11 Å². The number of aliphatic carboxylic acids is 1. The third kappa shape index (κ3) is 2.34. The van der Waals surface area contributed by atoms with Crippen LogP contribution >= 0.6 is 11.6 Å². The molecular formula is C11H10ClNO4. The summed E-state index contributed by atoms with van der Waals surface area (Å²) in [5.41, 5.74) is 1.31. The van der Waals surface area contributed by atoms with Gasteiger partial charge >= 0.3 is 5.97 Å². The highest BCUT2D eigenvalue weighted by atomic mass is 35.5. The SMILES string of the molecule is COc1ccc(C2=NOC(C(=O)O)C2)cc1Cl. The normalized spacial score (nSPS) is 18.5. The summed E-state index contributed by atoms with van der Waals surface area (Å²) < 4.78 is 5.02. The van der Waals surface area contributed by atoms with E-state index in [1.165, 1.54) is 7.11 Å². The van der Waals surface area contributed by atoms with E-state index in [0.717, 1.165) is 5.56 Å². The molecule has 1 atom stereocenters. The third-order valence-corrected chi connectivity index (χ3v) is 2.72. The molecule has 6 heteroatoms. The molecule has 0 bridgehead atoms. The van der Waals surface area contributed by atoms with Crippen molar-refractivity contribution in [3.05, 3.63) is 28.8 Å². The molecule has 17 heavy (non-hydrogen) atoms. The molecule has 0 aliphatic carbocycles. The zero-order valence-corrected chi connectivity index (χ0v) is 9.77. The van der Waals surface area contributed by atoms with Gasteiger partial charge in [-0.25, -0.2) is 4.79 Å². The van der Waals surface area contributed by atoms with Crippen LogP contribution < -0.4 is 4.74 Å². The van der Waals surface area contributed by atoms with Crippen LogP contribution in [0.15, 0.2) is 23.4 Å². The minimum atomic E-state index is -1.02. The van der Waals surface area contributed by atoms with Gasteiger partial charge in [0.15, 0.2) is 0 Å². The van der Waals surface area contributed by atoms with Crippen molar-refractivity contribution in [1.29, 1.82) is 0 Å². The van der Waals surface area contributed by atoms with Crippen LogP contribution in [-0.2, 0) is 9.63 Å². The molecule has 0 fully saturated rings. The van der Waals surface area contributed by atoms with Crippen LogP contribution in [0.2, 0.25) is 5.02 Å². The number of methoxy groups -OCH3 is 1. The second-order valence-electron chi connectivity index (χ2n) is 3.52. The number of carbonyl (C=O) groups is 1. The van der Waals surface area contributed by atoms with Gasteiger partial charge in [0, 0.05) is 12.0 Å². The van der Waals surface area contributed by atoms with E-state index in [9.17, 15) is 4.79 Å². The molecule has 0 aromatic heterocycles. The molecule has 1 aromatic rings. The molecule has 0 amide bonds. The van der Waals surface area contributed by atoms with E-state index >= 15 is 0 Å². The third-order valence-electron chi connectivity index (χ3n) is 2.43. The number of nitrogens with zero attached hydrogens (tertiary/aromatic N) is 1. The minimum Gasteiger partial charge on any atom is -0.495 e. The minimum absolute atomic E-state index is 0.234. The molecule has 1 aliphatic heterocycles. The summed E-state index contributed by atoms with van der Waals surface area (Å²) in [6, 6.07) is 5.14. The van der Waals surface area contributed by atoms with Crippen molar-refractivity contribution in [2.45, 2.75) is 12.5 Å². The average Bonchev–Trinajstić information content (AvgIpc) is 2.78. The molecule has 90 valence electrons. The summed E-state index contributed by atoms with van der Waals surface area (Å²) in [6.45, 7) is 0. The van der Waals surface area contributed by atoms with Crippen molar-refractivity contribution < 1.29 is 19.5 Å². The van der Waals surface area contributed by atoms with Gasteiger partial charge < -0.3 is 14.7 Å². The quantitative estimate of drug-likeness (QED) is 0.896. The Morgan fingerprint density at radius 1 is 1.65 bits per heavy atom. The number of carboxylic acids is 1. The first-order valence-electron chi connectivity index (χ1n) is 4.91. The number of ether oxygens (including phenoxy) is 1. The summed E-state index contributed by atoms with van der Waals surface area (Å²) in [5.74, 6) is -0.465. The molecule has 2 rings (SSSR count). The lowest BCUT2D eigenvalue weighted by atomic mass is 10.1. The summed E-state index contributed by atoms with van der Waals surface area (Å²) in [4.78, 5) is 15.5. The smallest absolute Gasteiger partial charge is 0.348 e. The van der Waals surface area contributed by atoms with Gasteiger partial charge in [0.05, 0.1) is 17.8 Å². The van der Waals surface area contributed by atoms with Crippen LogP contribution in [0.5, 0.6) is 5.75 Å². The topological polar surface area (TPSA) is 68.1 Å².